The molecule has 0 unspecified atom stereocenters. The van der Waals surface area contributed by atoms with Gasteiger partial charge in [0.25, 0.3) is 0 Å². The topological polar surface area (TPSA) is 23.8 Å². The van der Waals surface area contributed by atoms with Crippen molar-refractivity contribution in [3.8, 4) is 0 Å². The van der Waals surface area contributed by atoms with Crippen molar-refractivity contribution >= 4 is 46.8 Å². The zero-order valence-corrected chi connectivity index (χ0v) is 23.0. The van der Waals surface area contributed by atoms with Crippen LogP contribution in [0.4, 0.5) is 5.69 Å². The molecule has 3 aromatic carbocycles. The quantitative estimate of drug-likeness (QED) is 0.234. The molecule has 4 rings (SSSR count). The molecule has 32 heavy (non-hydrogen) atoms. The van der Waals surface area contributed by atoms with Crippen LogP contribution in [-0.2, 0) is 21.7 Å². The van der Waals surface area contributed by atoms with Crippen LogP contribution in [0.25, 0.3) is 22.1 Å². The van der Waals surface area contributed by atoms with Gasteiger partial charge in [-0.2, -0.15) is 12.5 Å². The average Bonchev–Trinajstić information content (AvgIpc) is 2.94. The van der Waals surface area contributed by atoms with Crippen LogP contribution in [0.2, 0.25) is 0 Å². The molecule has 0 atom stereocenters. The number of rotatable bonds is 1. The molecule has 1 N–H and O–H groups in total. The van der Waals surface area contributed by atoms with Crippen molar-refractivity contribution in [1.29, 1.82) is 0 Å². The third-order valence-corrected chi connectivity index (χ3v) is 6.14. The Bertz CT molecular complexity index is 1140. The third kappa shape index (κ3) is 6.24. The first-order valence-corrected chi connectivity index (χ1v) is 10.2. The molecule has 1 aliphatic rings. The Balaban J connectivity index is 0.000000642. The number of benzene rings is 3. The summed E-state index contributed by atoms with van der Waals surface area (Å²) in [6.07, 6.45) is 1.07. The molecule has 1 nitrogen and oxygen atoms in total. The van der Waals surface area contributed by atoms with E-state index in [0.717, 1.165) is 23.1 Å². The van der Waals surface area contributed by atoms with Crippen LogP contribution < -0.4 is 0 Å². The Labute approximate surface area is 221 Å². The van der Waals surface area contributed by atoms with Gasteiger partial charge in [-0.1, -0.05) is 75.2 Å². The molecule has 0 saturated heterocycles. The maximum atomic E-state index is 7.54. The van der Waals surface area contributed by atoms with Gasteiger partial charge in [-0.05, 0) is 53.5 Å². The van der Waals surface area contributed by atoms with Crippen molar-refractivity contribution in [2.24, 2.45) is 0 Å². The monoisotopic (exact) mass is 501 g/mol. The summed E-state index contributed by atoms with van der Waals surface area (Å²) in [5, 5.41) is 2.54. The van der Waals surface area contributed by atoms with Crippen LogP contribution in [0.3, 0.4) is 0 Å². The summed E-state index contributed by atoms with van der Waals surface area (Å²) in [6.45, 7) is 17.0. The number of hydrogen-bond donors (Lipinski definition) is 0. The van der Waals surface area contributed by atoms with E-state index in [1.807, 2.05) is 26.0 Å². The minimum Gasteiger partial charge on any atom is -0.698 e. The minimum atomic E-state index is 0. The molecular weight excluding hydrogens is 469 g/mol. The van der Waals surface area contributed by atoms with Crippen molar-refractivity contribution in [3.05, 3.63) is 106 Å². The first kappa shape index (κ1) is 30.4. The number of halogens is 2. The van der Waals surface area contributed by atoms with E-state index in [0.29, 0.717) is 5.69 Å². The van der Waals surface area contributed by atoms with E-state index in [-0.39, 0.29) is 46.5 Å². The van der Waals surface area contributed by atoms with Crippen molar-refractivity contribution in [1.82, 2.24) is 0 Å². The Hall–Kier alpha value is -1.64. The molecule has 1 aliphatic carbocycles. The second kappa shape index (κ2) is 12.6. The van der Waals surface area contributed by atoms with E-state index >= 15 is 0 Å². The van der Waals surface area contributed by atoms with E-state index in [1.165, 1.54) is 44.2 Å². The van der Waals surface area contributed by atoms with Gasteiger partial charge in [0.15, 0.2) is 0 Å². The van der Waals surface area contributed by atoms with Crippen molar-refractivity contribution < 1.29 is 21.7 Å². The molecule has 0 amide bonds. The van der Waals surface area contributed by atoms with Gasteiger partial charge in [0.2, 0.25) is 0 Å². The molecule has 0 aromatic heterocycles. The summed E-state index contributed by atoms with van der Waals surface area (Å²) in [6, 6.07) is 17.0. The van der Waals surface area contributed by atoms with Crippen molar-refractivity contribution in [2.45, 2.75) is 48.0 Å². The Morgan fingerprint density at radius 3 is 1.88 bits per heavy atom. The zero-order chi connectivity index (χ0) is 21.3. The molecule has 0 heterocycles. The largest absolute Gasteiger partial charge is 2.00 e. The number of allylic oxidation sites excluding steroid dienone is 4. The van der Waals surface area contributed by atoms with Crippen LogP contribution >= 0.6 is 24.8 Å². The molecule has 3 aromatic rings. The second-order valence-corrected chi connectivity index (χ2v) is 8.27. The fraction of sp³-hybridized carbons (Fsp3) is 0.250. The van der Waals surface area contributed by atoms with E-state index in [4.69, 9.17) is 5.73 Å². The number of fused-ring (bicyclic) bond motifs is 1. The number of aryl methyl sites for hydroxylation is 3. The second-order valence-electron chi connectivity index (χ2n) is 8.27. The molecule has 0 fully saturated rings. The van der Waals surface area contributed by atoms with Crippen molar-refractivity contribution in [2.75, 3.05) is 0 Å². The summed E-state index contributed by atoms with van der Waals surface area (Å²) in [7, 11) is 0. The molecule has 0 saturated carbocycles. The van der Waals surface area contributed by atoms with Crippen LogP contribution in [0.1, 0.15) is 55.0 Å². The smallest absolute Gasteiger partial charge is 0.698 e. The fourth-order valence-corrected chi connectivity index (χ4v) is 4.17. The predicted octanol–water partition coefficient (Wildman–Crippen LogP) is 9.67. The molecule has 0 spiro atoms. The van der Waals surface area contributed by atoms with Crippen LogP contribution in [-0.4, -0.2) is 0 Å². The van der Waals surface area contributed by atoms with E-state index < -0.39 is 0 Å². The van der Waals surface area contributed by atoms with Gasteiger partial charge in [0, 0.05) is 0 Å². The van der Waals surface area contributed by atoms with Crippen LogP contribution in [0.5, 0.6) is 0 Å². The molecule has 0 bridgehead atoms. The van der Waals surface area contributed by atoms with Gasteiger partial charge < -0.3 is 5.73 Å². The van der Waals surface area contributed by atoms with E-state index in [2.05, 4.69) is 71.0 Å². The molecule has 168 valence electrons. The summed E-state index contributed by atoms with van der Waals surface area (Å²) in [4.78, 5) is 0. The van der Waals surface area contributed by atoms with Gasteiger partial charge in [-0.3, -0.25) is 0 Å². The standard InChI is InChI=1S/C19H19.C9H12N.2ClH.Ti/c1-12-11-19(14(3)13(12)2)18-10-9-16-7-5-6-8-17(16)15(18)4;1-6-4-7(2)9(10)8(3)5-6;;;/h5-10H,4,11H2,1-3H3;4-5,10H,1-3H3;2*1H;/q2*-1;;;+2. The summed E-state index contributed by atoms with van der Waals surface area (Å²) >= 11 is 0. The summed E-state index contributed by atoms with van der Waals surface area (Å²) < 4.78 is 0. The molecular formula is C28H33Cl2NTi. The number of hydrogen-bond acceptors (Lipinski definition) is 0. The normalized spacial score (nSPS) is 12.4. The van der Waals surface area contributed by atoms with Crippen LogP contribution in [0.15, 0.2) is 65.3 Å². The average molecular weight is 502 g/mol. The Kier molecular flexibility index (Phi) is 11.9. The summed E-state index contributed by atoms with van der Waals surface area (Å²) in [5.74, 6) is 0. The predicted molar refractivity (Wildman–Crippen MR) is 143 cm³/mol. The van der Waals surface area contributed by atoms with Crippen molar-refractivity contribution in [3.63, 3.8) is 0 Å². The van der Waals surface area contributed by atoms with E-state index in [1.54, 1.807) is 0 Å². The number of nitrogens with one attached hydrogen (secondary N) is 1. The van der Waals surface area contributed by atoms with Gasteiger partial charge in [0.1, 0.15) is 0 Å². The van der Waals surface area contributed by atoms with Gasteiger partial charge in [-0.25, -0.2) is 0 Å². The first-order chi connectivity index (χ1) is 13.7. The fourth-order valence-electron chi connectivity index (χ4n) is 4.17. The van der Waals surface area contributed by atoms with Crippen LogP contribution in [0, 0.1) is 27.7 Å². The summed E-state index contributed by atoms with van der Waals surface area (Å²) in [5.41, 5.74) is 19.9. The zero-order valence-electron chi connectivity index (χ0n) is 19.8. The van der Waals surface area contributed by atoms with Gasteiger partial charge in [0.05, 0.1) is 0 Å². The molecule has 0 aliphatic heterocycles. The maximum absolute atomic E-state index is 7.54. The third-order valence-electron chi connectivity index (χ3n) is 6.14. The molecule has 0 radical (unpaired) electrons. The Morgan fingerprint density at radius 1 is 0.781 bits per heavy atom. The Morgan fingerprint density at radius 2 is 1.34 bits per heavy atom. The van der Waals surface area contributed by atoms with Gasteiger partial charge in [-0.15, -0.1) is 53.6 Å². The first-order valence-electron chi connectivity index (χ1n) is 10.2. The van der Waals surface area contributed by atoms with E-state index in [9.17, 15) is 0 Å². The maximum Gasteiger partial charge on any atom is 2.00 e. The molecule has 4 heteroatoms. The SMILES string of the molecule is Cc1cc(C)c([NH-])c(C)c1.Cl.Cl.[CH2-]c1c(C2=C(C)C(C)=C(C)C2)ccc2ccccc12.[Ti+2]. The van der Waals surface area contributed by atoms with Gasteiger partial charge >= 0.3 is 21.7 Å². The minimum absolute atomic E-state index is 0.